The normalized spacial score (nSPS) is 29.0. The molecule has 0 aromatic heterocycles. The van der Waals surface area contributed by atoms with Gasteiger partial charge in [-0.2, -0.15) is 0 Å². The maximum absolute atomic E-state index is 12.3. The van der Waals surface area contributed by atoms with Crippen LogP contribution < -0.4 is 11.1 Å². The summed E-state index contributed by atoms with van der Waals surface area (Å²) in [5.41, 5.74) is 6.17. The number of halogens is 1. The third kappa shape index (κ3) is 4.13. The second kappa shape index (κ2) is 8.73. The van der Waals surface area contributed by atoms with Crippen molar-refractivity contribution in [2.24, 2.45) is 23.5 Å². The molecule has 4 atom stereocenters. The van der Waals surface area contributed by atoms with Crippen LogP contribution in [0.15, 0.2) is 0 Å². The number of carbonyl (C=O) groups excluding carboxylic acids is 2. The number of amides is 2. The minimum Gasteiger partial charge on any atom is -0.356 e. The monoisotopic (exact) mass is 331 g/mol. The number of carbonyl (C=O) groups is 2. The Kier molecular flexibility index (Phi) is 7.63. The summed E-state index contributed by atoms with van der Waals surface area (Å²) in [4.78, 5) is 25.9. The van der Waals surface area contributed by atoms with Crippen LogP contribution in [0.25, 0.3) is 0 Å². The molecule has 0 aromatic rings. The van der Waals surface area contributed by atoms with Gasteiger partial charge >= 0.3 is 0 Å². The van der Waals surface area contributed by atoms with Crippen molar-refractivity contribution in [3.05, 3.63) is 0 Å². The number of hydrogen-bond donors (Lipinski definition) is 2. The number of nitrogens with one attached hydrogen (secondary N) is 1. The summed E-state index contributed by atoms with van der Waals surface area (Å²) in [6.45, 7) is 6.05. The van der Waals surface area contributed by atoms with Gasteiger partial charge in [-0.1, -0.05) is 0 Å². The minimum atomic E-state index is 0. The smallest absolute Gasteiger partial charge is 0.224 e. The van der Waals surface area contributed by atoms with Gasteiger partial charge in [0.15, 0.2) is 0 Å². The molecule has 0 spiro atoms. The van der Waals surface area contributed by atoms with E-state index < -0.39 is 0 Å². The summed E-state index contributed by atoms with van der Waals surface area (Å²) in [7, 11) is 0. The van der Waals surface area contributed by atoms with Crippen LogP contribution in [0.4, 0.5) is 0 Å². The SMILES string of the molecule is CCN(CC)C(=O)CCCNC(=O)C1C2CCC(C2)C1N.Cl. The second-order valence-corrected chi connectivity index (χ2v) is 6.40. The molecule has 0 heterocycles. The first-order valence-corrected chi connectivity index (χ1v) is 8.39. The lowest BCUT2D eigenvalue weighted by molar-refractivity contribution is -0.131. The predicted octanol–water partition coefficient (Wildman–Crippen LogP) is 1.55. The lowest BCUT2D eigenvalue weighted by Gasteiger charge is -2.27. The Bertz CT molecular complexity index is 386. The van der Waals surface area contributed by atoms with Gasteiger partial charge < -0.3 is 16.0 Å². The molecule has 2 bridgehead atoms. The Morgan fingerprint density at radius 1 is 1.18 bits per heavy atom. The molecule has 6 heteroatoms. The van der Waals surface area contributed by atoms with Gasteiger partial charge in [-0.25, -0.2) is 0 Å². The molecule has 0 radical (unpaired) electrons. The van der Waals surface area contributed by atoms with Gasteiger partial charge in [0.05, 0.1) is 5.92 Å². The maximum atomic E-state index is 12.3. The van der Waals surface area contributed by atoms with Gasteiger partial charge in [-0.05, 0) is 51.4 Å². The fraction of sp³-hybridized carbons (Fsp3) is 0.875. The van der Waals surface area contributed by atoms with Crippen LogP contribution in [-0.4, -0.2) is 42.4 Å². The van der Waals surface area contributed by atoms with Crippen LogP contribution >= 0.6 is 12.4 Å². The van der Waals surface area contributed by atoms with Crippen molar-refractivity contribution in [2.45, 2.75) is 52.0 Å². The zero-order valence-corrected chi connectivity index (χ0v) is 14.5. The standard InChI is InChI=1S/C16H29N3O2.ClH/c1-3-19(4-2)13(20)6-5-9-18-16(21)14-11-7-8-12(10-11)15(14)17;/h11-12,14-15H,3-10,17H2,1-2H3,(H,18,21);1H. The highest BCUT2D eigenvalue weighted by molar-refractivity contribution is 5.85. The van der Waals surface area contributed by atoms with Crippen molar-refractivity contribution in [1.29, 1.82) is 0 Å². The molecule has 128 valence electrons. The highest BCUT2D eigenvalue weighted by Crippen LogP contribution is 2.47. The summed E-state index contributed by atoms with van der Waals surface area (Å²) < 4.78 is 0. The first-order chi connectivity index (χ1) is 10.1. The molecular weight excluding hydrogens is 302 g/mol. The zero-order chi connectivity index (χ0) is 15.4. The molecule has 2 aliphatic carbocycles. The van der Waals surface area contributed by atoms with E-state index in [1.54, 1.807) is 0 Å². The fourth-order valence-electron chi connectivity index (χ4n) is 4.03. The minimum absolute atomic E-state index is 0. The van der Waals surface area contributed by atoms with E-state index in [0.29, 0.717) is 31.2 Å². The highest BCUT2D eigenvalue weighted by atomic mass is 35.5. The summed E-state index contributed by atoms with van der Waals surface area (Å²) in [5.74, 6) is 1.32. The number of nitrogens with zero attached hydrogens (tertiary/aromatic N) is 1. The molecule has 2 aliphatic rings. The number of nitrogens with two attached hydrogens (primary N) is 1. The maximum Gasteiger partial charge on any atom is 0.224 e. The molecule has 2 amide bonds. The van der Waals surface area contributed by atoms with E-state index in [2.05, 4.69) is 5.32 Å². The third-order valence-electron chi connectivity index (χ3n) is 5.27. The van der Waals surface area contributed by atoms with E-state index in [1.165, 1.54) is 6.42 Å². The average molecular weight is 332 g/mol. The van der Waals surface area contributed by atoms with E-state index in [9.17, 15) is 9.59 Å². The molecule has 3 N–H and O–H groups in total. The van der Waals surface area contributed by atoms with Crippen LogP contribution in [0.2, 0.25) is 0 Å². The Hall–Kier alpha value is -0.810. The van der Waals surface area contributed by atoms with Crippen molar-refractivity contribution < 1.29 is 9.59 Å². The average Bonchev–Trinajstić information content (AvgIpc) is 3.05. The Morgan fingerprint density at radius 2 is 1.82 bits per heavy atom. The molecule has 5 nitrogen and oxygen atoms in total. The van der Waals surface area contributed by atoms with Crippen LogP contribution in [-0.2, 0) is 9.59 Å². The molecule has 2 fully saturated rings. The quantitative estimate of drug-likeness (QED) is 0.695. The first-order valence-electron chi connectivity index (χ1n) is 8.39. The van der Waals surface area contributed by atoms with E-state index in [1.807, 2.05) is 18.7 Å². The van der Waals surface area contributed by atoms with E-state index in [0.717, 1.165) is 25.9 Å². The third-order valence-corrected chi connectivity index (χ3v) is 5.27. The van der Waals surface area contributed by atoms with Crippen molar-refractivity contribution in [3.63, 3.8) is 0 Å². The molecular formula is C16H30ClN3O2. The van der Waals surface area contributed by atoms with Crippen LogP contribution in [0.1, 0.15) is 46.0 Å². The summed E-state index contributed by atoms with van der Waals surface area (Å²) in [6.07, 6.45) is 4.67. The number of hydrogen-bond acceptors (Lipinski definition) is 3. The van der Waals surface area contributed by atoms with Gasteiger partial charge in [0.2, 0.25) is 11.8 Å². The van der Waals surface area contributed by atoms with Crippen LogP contribution in [0.3, 0.4) is 0 Å². The van der Waals surface area contributed by atoms with Crippen molar-refractivity contribution >= 4 is 24.2 Å². The summed E-state index contributed by atoms with van der Waals surface area (Å²) in [5, 5.41) is 2.98. The summed E-state index contributed by atoms with van der Waals surface area (Å²) >= 11 is 0. The molecule has 0 aromatic carbocycles. The van der Waals surface area contributed by atoms with Crippen molar-refractivity contribution in [1.82, 2.24) is 10.2 Å². The first kappa shape index (κ1) is 19.2. The lowest BCUT2D eigenvalue weighted by atomic mass is 9.84. The van der Waals surface area contributed by atoms with E-state index in [4.69, 9.17) is 5.73 Å². The van der Waals surface area contributed by atoms with Gasteiger partial charge in [0.25, 0.3) is 0 Å². The number of rotatable bonds is 7. The van der Waals surface area contributed by atoms with Crippen LogP contribution in [0, 0.1) is 17.8 Å². The lowest BCUT2D eigenvalue weighted by Crippen LogP contribution is -2.45. The topological polar surface area (TPSA) is 75.4 Å². The Labute approximate surface area is 139 Å². The molecule has 2 saturated carbocycles. The van der Waals surface area contributed by atoms with Gasteiger partial charge in [0.1, 0.15) is 0 Å². The fourth-order valence-corrected chi connectivity index (χ4v) is 4.03. The van der Waals surface area contributed by atoms with Crippen molar-refractivity contribution in [2.75, 3.05) is 19.6 Å². The number of fused-ring (bicyclic) bond motifs is 2. The predicted molar refractivity (Wildman–Crippen MR) is 89.7 cm³/mol. The Balaban J connectivity index is 0.00000242. The van der Waals surface area contributed by atoms with E-state index >= 15 is 0 Å². The molecule has 2 rings (SSSR count). The summed E-state index contributed by atoms with van der Waals surface area (Å²) in [6, 6.07) is 0.0426. The molecule has 4 unspecified atom stereocenters. The van der Waals surface area contributed by atoms with E-state index in [-0.39, 0.29) is 36.2 Å². The molecule has 22 heavy (non-hydrogen) atoms. The van der Waals surface area contributed by atoms with Gasteiger partial charge in [-0.3, -0.25) is 9.59 Å². The van der Waals surface area contributed by atoms with Crippen molar-refractivity contribution in [3.8, 4) is 0 Å². The Morgan fingerprint density at radius 3 is 2.36 bits per heavy atom. The largest absolute Gasteiger partial charge is 0.356 e. The second-order valence-electron chi connectivity index (χ2n) is 6.40. The van der Waals surface area contributed by atoms with Gasteiger partial charge in [0, 0.05) is 32.1 Å². The molecule has 0 aliphatic heterocycles. The van der Waals surface area contributed by atoms with Crippen LogP contribution in [0.5, 0.6) is 0 Å². The molecule has 0 saturated heterocycles. The zero-order valence-electron chi connectivity index (χ0n) is 13.7. The highest BCUT2D eigenvalue weighted by Gasteiger charge is 2.48. The van der Waals surface area contributed by atoms with Gasteiger partial charge in [-0.15, -0.1) is 12.4 Å².